The first-order valence-electron chi connectivity index (χ1n) is 7.87. The van der Waals surface area contributed by atoms with Crippen molar-refractivity contribution in [2.24, 2.45) is 10.7 Å². The third-order valence-electron chi connectivity index (χ3n) is 3.71. The second kappa shape index (κ2) is 8.60. The van der Waals surface area contributed by atoms with E-state index in [1.54, 1.807) is 6.07 Å². The Bertz CT molecular complexity index is 752. The fraction of sp³-hybridized carbons (Fsp3) is 0.375. The van der Waals surface area contributed by atoms with E-state index in [-0.39, 0.29) is 35.7 Å². The first-order valence-corrected chi connectivity index (χ1v) is 7.87. The quantitative estimate of drug-likeness (QED) is 0.397. The molecule has 1 aliphatic rings. The minimum absolute atomic E-state index is 0. The molecule has 0 amide bonds. The number of nitrogens with one attached hydrogen (secondary N) is 1. The van der Waals surface area contributed by atoms with Crippen LogP contribution in [0.4, 0.5) is 18.9 Å². The van der Waals surface area contributed by atoms with E-state index in [0.717, 1.165) is 37.3 Å². The highest BCUT2D eigenvalue weighted by molar-refractivity contribution is 14.0. The standard InChI is InChI=1S/C16H18F3N5O.HI/c17-16(18,19)25-13-5-3-4-11(8-13)23-15(20)21-9-12-10-24-7-2-1-6-14(24)22-12;/h3-5,8,10H,1-2,6-7,9H2,(H3,20,21,23);1H. The monoisotopic (exact) mass is 481 g/mol. The predicted octanol–water partition coefficient (Wildman–Crippen LogP) is 3.66. The second-order valence-electron chi connectivity index (χ2n) is 5.70. The fourth-order valence-electron chi connectivity index (χ4n) is 2.67. The number of aromatic nitrogens is 2. The maximum absolute atomic E-state index is 12.2. The number of nitrogens with two attached hydrogens (primary N) is 1. The van der Waals surface area contributed by atoms with Gasteiger partial charge in [0, 0.05) is 30.9 Å². The molecule has 0 bridgehead atoms. The van der Waals surface area contributed by atoms with Gasteiger partial charge in [-0.1, -0.05) is 6.07 Å². The van der Waals surface area contributed by atoms with Crippen molar-refractivity contribution in [1.82, 2.24) is 9.55 Å². The number of alkyl halides is 3. The van der Waals surface area contributed by atoms with Gasteiger partial charge < -0.3 is 20.4 Å². The molecule has 1 aromatic heterocycles. The van der Waals surface area contributed by atoms with E-state index >= 15 is 0 Å². The Hall–Kier alpha value is -1.98. The summed E-state index contributed by atoms with van der Waals surface area (Å²) in [4.78, 5) is 8.69. The van der Waals surface area contributed by atoms with Gasteiger partial charge in [-0.3, -0.25) is 0 Å². The van der Waals surface area contributed by atoms with Gasteiger partial charge in [-0.25, -0.2) is 9.98 Å². The Morgan fingerprint density at radius 3 is 2.88 bits per heavy atom. The van der Waals surface area contributed by atoms with Crippen molar-refractivity contribution >= 4 is 35.6 Å². The van der Waals surface area contributed by atoms with Crippen LogP contribution >= 0.6 is 24.0 Å². The Kier molecular flexibility index (Phi) is 6.73. The van der Waals surface area contributed by atoms with Gasteiger partial charge in [0.05, 0.1) is 12.2 Å². The fourth-order valence-corrected chi connectivity index (χ4v) is 2.67. The number of aryl methyl sites for hydroxylation is 2. The normalized spacial score (nSPS) is 14.3. The lowest BCUT2D eigenvalue weighted by Crippen LogP contribution is -2.23. The number of fused-ring (bicyclic) bond motifs is 1. The number of benzene rings is 1. The lowest BCUT2D eigenvalue weighted by Gasteiger charge is -2.11. The third kappa shape index (κ3) is 5.78. The molecule has 3 N–H and O–H groups in total. The molecular formula is C16H19F3IN5O. The van der Waals surface area contributed by atoms with E-state index in [9.17, 15) is 13.2 Å². The van der Waals surface area contributed by atoms with Crippen LogP contribution in [0.3, 0.4) is 0 Å². The lowest BCUT2D eigenvalue weighted by molar-refractivity contribution is -0.274. The van der Waals surface area contributed by atoms with Crippen LogP contribution in [0.25, 0.3) is 0 Å². The zero-order valence-electron chi connectivity index (χ0n) is 13.8. The van der Waals surface area contributed by atoms with Crippen LogP contribution in [0.5, 0.6) is 5.75 Å². The van der Waals surface area contributed by atoms with Gasteiger partial charge in [0.2, 0.25) is 0 Å². The smallest absolute Gasteiger partial charge is 0.406 e. The van der Waals surface area contributed by atoms with Gasteiger partial charge >= 0.3 is 6.36 Å². The number of hydrogen-bond acceptors (Lipinski definition) is 3. The van der Waals surface area contributed by atoms with Gasteiger partial charge in [0.15, 0.2) is 5.96 Å². The summed E-state index contributed by atoms with van der Waals surface area (Å²) in [6.07, 6.45) is 0.469. The van der Waals surface area contributed by atoms with Crippen LogP contribution in [0, 0.1) is 0 Å². The number of rotatable bonds is 4. The van der Waals surface area contributed by atoms with Crippen molar-refractivity contribution in [2.45, 2.75) is 38.7 Å². The van der Waals surface area contributed by atoms with Gasteiger partial charge in [-0.05, 0) is 25.0 Å². The van der Waals surface area contributed by atoms with Gasteiger partial charge in [-0.2, -0.15) is 0 Å². The molecule has 26 heavy (non-hydrogen) atoms. The SMILES string of the molecule is I.NC(=NCc1cn2c(n1)CCCC2)Nc1cccc(OC(F)(F)F)c1. The highest BCUT2D eigenvalue weighted by Gasteiger charge is 2.31. The van der Waals surface area contributed by atoms with Crippen molar-refractivity contribution in [1.29, 1.82) is 0 Å². The summed E-state index contributed by atoms with van der Waals surface area (Å²) < 4.78 is 42.7. The van der Waals surface area contributed by atoms with E-state index in [1.165, 1.54) is 18.2 Å². The van der Waals surface area contributed by atoms with E-state index in [0.29, 0.717) is 12.2 Å². The molecule has 0 radical (unpaired) electrons. The summed E-state index contributed by atoms with van der Waals surface area (Å²) in [7, 11) is 0. The van der Waals surface area contributed by atoms with Gasteiger partial charge in [-0.15, -0.1) is 37.1 Å². The average Bonchev–Trinajstić information content (AvgIpc) is 2.94. The maximum Gasteiger partial charge on any atom is 0.573 e. The van der Waals surface area contributed by atoms with E-state index in [2.05, 4.69) is 24.6 Å². The average molecular weight is 481 g/mol. The molecule has 1 aromatic carbocycles. The topological polar surface area (TPSA) is 77.5 Å². The lowest BCUT2D eigenvalue weighted by atomic mass is 10.2. The van der Waals surface area contributed by atoms with Gasteiger partial charge in [0.25, 0.3) is 0 Å². The Morgan fingerprint density at radius 1 is 1.35 bits per heavy atom. The van der Waals surface area contributed by atoms with Crippen molar-refractivity contribution < 1.29 is 17.9 Å². The first-order chi connectivity index (χ1) is 11.9. The second-order valence-corrected chi connectivity index (χ2v) is 5.70. The third-order valence-corrected chi connectivity index (χ3v) is 3.71. The Balaban J connectivity index is 0.00000243. The van der Waals surface area contributed by atoms with Crippen molar-refractivity contribution in [3.8, 4) is 5.75 Å². The molecule has 0 unspecified atom stereocenters. The molecule has 0 aliphatic carbocycles. The molecule has 3 rings (SSSR count). The number of ether oxygens (including phenoxy) is 1. The highest BCUT2D eigenvalue weighted by Crippen LogP contribution is 2.25. The molecule has 0 saturated carbocycles. The summed E-state index contributed by atoms with van der Waals surface area (Å²) in [6.45, 7) is 1.27. The van der Waals surface area contributed by atoms with Crippen LogP contribution < -0.4 is 15.8 Å². The molecular weight excluding hydrogens is 462 g/mol. The minimum atomic E-state index is -4.74. The molecule has 0 atom stereocenters. The maximum atomic E-state index is 12.2. The number of imidazole rings is 1. The van der Waals surface area contributed by atoms with Crippen molar-refractivity contribution in [2.75, 3.05) is 5.32 Å². The zero-order chi connectivity index (χ0) is 17.9. The summed E-state index contributed by atoms with van der Waals surface area (Å²) in [5.74, 6) is 0.821. The Labute approximate surface area is 165 Å². The molecule has 0 fully saturated rings. The largest absolute Gasteiger partial charge is 0.573 e. The van der Waals surface area contributed by atoms with Crippen LogP contribution in [0.2, 0.25) is 0 Å². The summed E-state index contributed by atoms with van der Waals surface area (Å²) >= 11 is 0. The van der Waals surface area contributed by atoms with E-state index < -0.39 is 6.36 Å². The molecule has 0 spiro atoms. The first kappa shape index (κ1) is 20.3. The van der Waals surface area contributed by atoms with E-state index in [1.807, 2.05) is 6.20 Å². The molecule has 2 aromatic rings. The molecule has 2 heterocycles. The van der Waals surface area contributed by atoms with Crippen molar-refractivity contribution in [3.63, 3.8) is 0 Å². The van der Waals surface area contributed by atoms with Crippen LogP contribution in [0.1, 0.15) is 24.4 Å². The number of nitrogens with zero attached hydrogens (tertiary/aromatic N) is 3. The minimum Gasteiger partial charge on any atom is -0.406 e. The van der Waals surface area contributed by atoms with Crippen LogP contribution in [0.15, 0.2) is 35.5 Å². The number of halogens is 4. The Morgan fingerprint density at radius 2 is 2.15 bits per heavy atom. The predicted molar refractivity (Wildman–Crippen MR) is 103 cm³/mol. The highest BCUT2D eigenvalue weighted by atomic mass is 127. The number of hydrogen-bond donors (Lipinski definition) is 2. The van der Waals surface area contributed by atoms with Crippen LogP contribution in [-0.2, 0) is 19.5 Å². The summed E-state index contributed by atoms with van der Waals surface area (Å²) in [5, 5.41) is 2.75. The summed E-state index contributed by atoms with van der Waals surface area (Å²) in [6, 6.07) is 5.41. The van der Waals surface area contributed by atoms with Gasteiger partial charge in [0.1, 0.15) is 11.6 Å². The van der Waals surface area contributed by atoms with Crippen LogP contribution in [-0.4, -0.2) is 21.9 Å². The molecule has 6 nitrogen and oxygen atoms in total. The number of anilines is 1. The summed E-state index contributed by atoms with van der Waals surface area (Å²) in [5.41, 5.74) is 6.96. The molecule has 10 heteroatoms. The molecule has 1 aliphatic heterocycles. The zero-order valence-corrected chi connectivity index (χ0v) is 16.1. The molecule has 0 saturated heterocycles. The number of aliphatic imine (C=N–C) groups is 1. The van der Waals surface area contributed by atoms with E-state index in [4.69, 9.17) is 5.73 Å². The van der Waals surface area contributed by atoms with Crippen molar-refractivity contribution in [3.05, 3.63) is 42.0 Å². The molecule has 142 valence electrons. The number of guanidine groups is 1.